The summed E-state index contributed by atoms with van der Waals surface area (Å²) in [6.45, 7) is 18.5. The Morgan fingerprint density at radius 1 is 1.05 bits per heavy atom. The molecule has 11 heteroatoms. The van der Waals surface area contributed by atoms with Crippen molar-refractivity contribution in [1.82, 2.24) is 14.6 Å². The number of esters is 1. The summed E-state index contributed by atoms with van der Waals surface area (Å²) in [5, 5.41) is 4.95. The third-order valence-corrected chi connectivity index (χ3v) is 9.81. The minimum absolute atomic E-state index is 0.0681. The Labute approximate surface area is 325 Å². The number of fused-ring (bicyclic) bond motifs is 1. The Hall–Kier alpha value is -4.35. The molecular weight excluding hydrogens is 703 g/mol. The van der Waals surface area contributed by atoms with Gasteiger partial charge in [-0.2, -0.15) is 9.61 Å². The molecular formula is C44H58F2N4O5. The fourth-order valence-electron chi connectivity index (χ4n) is 6.86. The molecule has 1 saturated heterocycles. The first kappa shape index (κ1) is 41.8. The first-order valence-corrected chi connectivity index (χ1v) is 19.6. The fourth-order valence-corrected chi connectivity index (χ4v) is 6.86. The van der Waals surface area contributed by atoms with Crippen molar-refractivity contribution in [3.8, 4) is 5.75 Å². The summed E-state index contributed by atoms with van der Waals surface area (Å²) >= 11 is 0. The molecule has 1 atom stereocenters. The third-order valence-electron chi connectivity index (χ3n) is 9.81. The predicted octanol–water partition coefficient (Wildman–Crippen LogP) is 9.77. The van der Waals surface area contributed by atoms with Crippen molar-refractivity contribution >= 4 is 23.5 Å². The lowest BCUT2D eigenvalue weighted by Crippen LogP contribution is -2.46. The van der Waals surface area contributed by atoms with Crippen molar-refractivity contribution < 1.29 is 32.5 Å². The van der Waals surface area contributed by atoms with E-state index in [0.29, 0.717) is 47.4 Å². The number of anilines is 1. The Morgan fingerprint density at radius 2 is 1.78 bits per heavy atom. The molecule has 1 aliphatic rings. The molecule has 0 saturated carbocycles. The Morgan fingerprint density at radius 3 is 2.45 bits per heavy atom. The number of rotatable bonds is 17. The van der Waals surface area contributed by atoms with E-state index in [4.69, 9.17) is 29.0 Å². The van der Waals surface area contributed by atoms with Gasteiger partial charge in [-0.05, 0) is 96.9 Å². The lowest BCUT2D eigenvalue weighted by atomic mass is 9.92. The normalized spacial score (nSPS) is 15.3. The van der Waals surface area contributed by atoms with E-state index in [0.717, 1.165) is 43.9 Å². The molecule has 1 aliphatic heterocycles. The highest BCUT2D eigenvalue weighted by Gasteiger charge is 2.38. The Bertz CT molecular complexity index is 1910. The van der Waals surface area contributed by atoms with E-state index in [1.807, 2.05) is 64.1 Å². The average Bonchev–Trinajstić information content (AvgIpc) is 3.54. The standard InChI is InChI=1S/C44H58F2N4O5/c1-9-52-42(51)40(55-43(5,6)7)38-31(4)47-37-28-33(19-15-20-34-36(22-21-35(45)39(34)46)53-29-32-17-11-10-12-18-32)48-50(37)41(38)49-25-23-44(8,24-26-49)54-27-14-13-16-30(2)3/h10-12,15,17-19,21-22,28,30,40H,9,13-14,16,20,23-27,29H2,1-8H3/t40-/m0/s1. The summed E-state index contributed by atoms with van der Waals surface area (Å²) in [7, 11) is 0. The zero-order valence-electron chi connectivity index (χ0n) is 33.8. The number of piperidine rings is 1. The van der Waals surface area contributed by atoms with E-state index in [1.165, 1.54) is 12.5 Å². The van der Waals surface area contributed by atoms with Gasteiger partial charge in [0.15, 0.2) is 23.4 Å². The second kappa shape index (κ2) is 18.5. The van der Waals surface area contributed by atoms with Gasteiger partial charge in [0.2, 0.25) is 0 Å². The molecule has 3 heterocycles. The van der Waals surface area contributed by atoms with Gasteiger partial charge in [0.25, 0.3) is 0 Å². The van der Waals surface area contributed by atoms with Crippen molar-refractivity contribution in [3.63, 3.8) is 0 Å². The first-order valence-electron chi connectivity index (χ1n) is 19.6. The number of halogens is 2. The van der Waals surface area contributed by atoms with E-state index in [9.17, 15) is 9.18 Å². The number of unbranched alkanes of at least 4 members (excludes halogenated alkanes) is 1. The van der Waals surface area contributed by atoms with Gasteiger partial charge >= 0.3 is 5.97 Å². The summed E-state index contributed by atoms with van der Waals surface area (Å²) < 4.78 is 55.7. The number of benzene rings is 2. The molecule has 0 amide bonds. The van der Waals surface area contributed by atoms with Crippen molar-refractivity contribution in [2.24, 2.45) is 5.92 Å². The van der Waals surface area contributed by atoms with E-state index in [-0.39, 0.29) is 36.5 Å². The van der Waals surface area contributed by atoms with Crippen molar-refractivity contribution in [3.05, 3.63) is 94.3 Å². The zero-order chi connectivity index (χ0) is 39.8. The molecule has 0 aliphatic carbocycles. The van der Waals surface area contributed by atoms with Crippen LogP contribution in [0.3, 0.4) is 0 Å². The quantitative estimate of drug-likeness (QED) is 0.0777. The summed E-state index contributed by atoms with van der Waals surface area (Å²) in [6, 6.07) is 13.9. The van der Waals surface area contributed by atoms with E-state index >= 15 is 4.39 Å². The zero-order valence-corrected chi connectivity index (χ0v) is 33.8. The minimum atomic E-state index is -1.05. The second-order valence-corrected chi connectivity index (χ2v) is 16.0. The maximum atomic E-state index is 15.1. The van der Waals surface area contributed by atoms with Crippen LogP contribution in [0, 0.1) is 24.5 Å². The third kappa shape index (κ3) is 11.1. The van der Waals surface area contributed by atoms with E-state index in [2.05, 4.69) is 25.7 Å². The molecule has 5 rings (SSSR count). The van der Waals surface area contributed by atoms with Gasteiger partial charge in [-0.25, -0.2) is 18.6 Å². The van der Waals surface area contributed by atoms with Gasteiger partial charge < -0.3 is 23.8 Å². The van der Waals surface area contributed by atoms with E-state index in [1.54, 1.807) is 23.6 Å². The van der Waals surface area contributed by atoms with Gasteiger partial charge in [-0.3, -0.25) is 0 Å². The smallest absolute Gasteiger partial charge is 0.340 e. The van der Waals surface area contributed by atoms with Crippen LogP contribution in [-0.4, -0.2) is 58.1 Å². The fraction of sp³-hybridized carbons (Fsp3) is 0.523. The Balaban J connectivity index is 1.46. The number of hydrogen-bond donors (Lipinski definition) is 0. The number of nitrogens with zero attached hydrogens (tertiary/aromatic N) is 4. The second-order valence-electron chi connectivity index (χ2n) is 16.0. The first-order chi connectivity index (χ1) is 26.2. The summed E-state index contributed by atoms with van der Waals surface area (Å²) in [6.07, 6.45) is 7.46. The molecule has 0 unspecified atom stereocenters. The molecule has 0 bridgehead atoms. The molecule has 9 nitrogen and oxygen atoms in total. The van der Waals surface area contributed by atoms with Gasteiger partial charge in [0, 0.05) is 37.0 Å². The number of aromatic nitrogens is 3. The monoisotopic (exact) mass is 760 g/mol. The van der Waals surface area contributed by atoms with Crippen molar-refractivity contribution in [2.75, 3.05) is 31.2 Å². The highest BCUT2D eigenvalue weighted by atomic mass is 19.2. The molecule has 0 spiro atoms. The van der Waals surface area contributed by atoms with Crippen LogP contribution in [-0.2, 0) is 32.0 Å². The maximum absolute atomic E-state index is 15.1. The summed E-state index contributed by atoms with van der Waals surface area (Å²) in [4.78, 5) is 20.8. The van der Waals surface area contributed by atoms with Gasteiger partial charge in [0.1, 0.15) is 18.2 Å². The molecule has 4 aromatic rings. The number of ether oxygens (including phenoxy) is 4. The Kier molecular flexibility index (Phi) is 14.1. The van der Waals surface area contributed by atoms with Crippen LogP contribution in [0.4, 0.5) is 14.6 Å². The van der Waals surface area contributed by atoms with Crippen LogP contribution in [0.1, 0.15) is 115 Å². The van der Waals surface area contributed by atoms with Crippen molar-refractivity contribution in [1.29, 1.82) is 0 Å². The molecule has 0 radical (unpaired) electrons. The van der Waals surface area contributed by atoms with Crippen LogP contribution in [0.25, 0.3) is 11.7 Å². The SMILES string of the molecule is CCOC(=O)[C@@H](OC(C)(C)C)c1c(C)nc2cc(C=CCc3c(OCc4ccccc4)ccc(F)c3F)nn2c1N1CCC(C)(OCCCCC(C)C)CC1. The minimum Gasteiger partial charge on any atom is -0.489 e. The molecule has 298 valence electrons. The lowest BCUT2D eigenvalue weighted by Gasteiger charge is -2.41. The van der Waals surface area contributed by atoms with Crippen LogP contribution in [0.15, 0.2) is 54.6 Å². The number of aryl methyl sites for hydroxylation is 1. The largest absolute Gasteiger partial charge is 0.489 e. The number of carbonyl (C=O) groups is 1. The number of carbonyl (C=O) groups excluding carboxylic acids is 1. The van der Waals surface area contributed by atoms with Gasteiger partial charge in [-0.1, -0.05) is 63.1 Å². The summed E-state index contributed by atoms with van der Waals surface area (Å²) in [5.74, 6) is -0.730. The highest BCUT2D eigenvalue weighted by molar-refractivity contribution is 5.80. The van der Waals surface area contributed by atoms with Crippen LogP contribution >= 0.6 is 0 Å². The lowest BCUT2D eigenvalue weighted by molar-refractivity contribution is -0.166. The van der Waals surface area contributed by atoms with Gasteiger partial charge in [0.05, 0.1) is 29.1 Å². The molecule has 1 fully saturated rings. The predicted molar refractivity (Wildman–Crippen MR) is 212 cm³/mol. The molecule has 0 N–H and O–H groups in total. The average molecular weight is 761 g/mol. The van der Waals surface area contributed by atoms with Crippen LogP contribution in [0.2, 0.25) is 0 Å². The van der Waals surface area contributed by atoms with Gasteiger partial charge in [-0.15, -0.1) is 0 Å². The summed E-state index contributed by atoms with van der Waals surface area (Å²) in [5.41, 5.74) is 2.44. The molecule has 2 aromatic heterocycles. The van der Waals surface area contributed by atoms with Crippen LogP contribution < -0.4 is 9.64 Å². The number of allylic oxidation sites excluding steroid dienone is 1. The van der Waals surface area contributed by atoms with Crippen molar-refractivity contribution in [2.45, 2.75) is 118 Å². The number of hydrogen-bond acceptors (Lipinski definition) is 8. The van der Waals surface area contributed by atoms with Crippen LogP contribution in [0.5, 0.6) is 5.75 Å². The molecule has 55 heavy (non-hydrogen) atoms. The maximum Gasteiger partial charge on any atom is 0.340 e. The highest BCUT2D eigenvalue weighted by Crippen LogP contribution is 2.38. The topological polar surface area (TPSA) is 87.4 Å². The molecule has 2 aromatic carbocycles. The van der Waals surface area contributed by atoms with E-state index < -0.39 is 29.3 Å².